The summed E-state index contributed by atoms with van der Waals surface area (Å²) in [5, 5.41) is 4.84. The number of anilines is 1. The van der Waals surface area contributed by atoms with E-state index in [4.69, 9.17) is 5.73 Å². The van der Waals surface area contributed by atoms with Crippen LogP contribution in [0.15, 0.2) is 52.3 Å². The predicted molar refractivity (Wildman–Crippen MR) is 100.0 cm³/mol. The third kappa shape index (κ3) is 3.90. The minimum absolute atomic E-state index is 0.204. The zero-order valence-corrected chi connectivity index (χ0v) is 14.7. The first-order valence-corrected chi connectivity index (χ1v) is 7.64. The van der Waals surface area contributed by atoms with Crippen molar-refractivity contribution in [1.29, 1.82) is 0 Å². The van der Waals surface area contributed by atoms with Crippen molar-refractivity contribution in [2.24, 2.45) is 4.99 Å². The lowest BCUT2D eigenvalue weighted by molar-refractivity contribution is 0.845. The Bertz CT molecular complexity index is 847. The van der Waals surface area contributed by atoms with Gasteiger partial charge in [-0.2, -0.15) is 0 Å². The van der Waals surface area contributed by atoms with Crippen molar-refractivity contribution < 1.29 is 0 Å². The average Bonchev–Trinajstić information content (AvgIpc) is 2.79. The molecule has 0 spiro atoms. The van der Waals surface area contributed by atoms with E-state index in [2.05, 4.69) is 34.3 Å². The maximum absolute atomic E-state index is 5.62. The van der Waals surface area contributed by atoms with Gasteiger partial charge in [-0.3, -0.25) is 4.99 Å². The Hall–Kier alpha value is -2.34. The predicted octanol–water partition coefficient (Wildman–Crippen LogP) is 3.94. The highest BCUT2D eigenvalue weighted by Gasteiger charge is 2.10. The molecule has 0 fully saturated rings. The second-order valence-electron chi connectivity index (χ2n) is 5.63. The van der Waals surface area contributed by atoms with E-state index in [1.54, 1.807) is 10.7 Å². The first-order valence-electron chi connectivity index (χ1n) is 7.19. The lowest BCUT2D eigenvalue weighted by atomic mass is 10.1. The molecule has 2 aromatic heterocycles. The smallest absolute Gasteiger partial charge is 0.238 e. The second-order valence-corrected chi connectivity index (χ2v) is 6.09. The summed E-state index contributed by atoms with van der Waals surface area (Å²) in [4.78, 5) is 8.57. The van der Waals surface area contributed by atoms with Crippen molar-refractivity contribution in [2.45, 2.75) is 32.7 Å². The minimum Gasteiger partial charge on any atom is -0.367 e. The molecule has 5 nitrogen and oxygen atoms in total. The molecular weight excluding hydrogens is 306 g/mol. The van der Waals surface area contributed by atoms with Gasteiger partial charge in [-0.15, -0.1) is 17.7 Å². The summed E-state index contributed by atoms with van der Waals surface area (Å²) >= 11 is 4.42. The molecule has 23 heavy (non-hydrogen) atoms. The summed E-state index contributed by atoms with van der Waals surface area (Å²) in [7, 11) is 0. The monoisotopic (exact) mass is 327 g/mol. The van der Waals surface area contributed by atoms with Crippen LogP contribution in [0.1, 0.15) is 33.3 Å². The Morgan fingerprint density at radius 2 is 2.00 bits per heavy atom. The number of rotatable bonds is 4. The Kier molecular flexibility index (Phi) is 5.05. The molecule has 0 atom stereocenters. The fourth-order valence-corrected chi connectivity index (χ4v) is 2.35. The number of aromatic nitrogens is 3. The Balaban J connectivity index is 2.40. The average molecular weight is 327 g/mol. The fraction of sp³-hybridized carbons (Fsp3) is 0.235. The van der Waals surface area contributed by atoms with Crippen LogP contribution in [0.3, 0.4) is 0 Å². The lowest BCUT2D eigenvalue weighted by Gasteiger charge is -2.02. The van der Waals surface area contributed by atoms with Crippen LogP contribution in [-0.4, -0.2) is 20.3 Å². The lowest BCUT2D eigenvalue weighted by Crippen LogP contribution is -2.00. The Morgan fingerprint density at radius 1 is 1.30 bits per heavy atom. The van der Waals surface area contributed by atoms with Gasteiger partial charge in [0.2, 0.25) is 5.95 Å². The molecule has 120 valence electrons. The number of aliphatic imine (C=N–C) groups is 1. The standard InChI is InChI=1S/C17H21N5S/c1-10(2)14(20-11(3)4)7-6-12(5)13-8-16(23)22-15(13)9-19-17(18)21-22/h6-9,23H,5H2,1-4H3,(H2,18,21)/b7-6-. The van der Waals surface area contributed by atoms with Crippen LogP contribution in [-0.2, 0) is 0 Å². The molecule has 2 N–H and O–H groups in total. The first-order chi connectivity index (χ1) is 10.8. The van der Waals surface area contributed by atoms with Gasteiger partial charge < -0.3 is 5.73 Å². The van der Waals surface area contributed by atoms with Crippen molar-refractivity contribution in [3.05, 3.63) is 47.8 Å². The molecule has 0 aliphatic rings. The first kappa shape index (κ1) is 17.0. The fourth-order valence-electron chi connectivity index (χ4n) is 2.07. The molecule has 0 bridgehead atoms. The highest BCUT2D eigenvalue weighted by atomic mass is 32.1. The molecule has 0 aliphatic carbocycles. The molecule has 2 rings (SSSR count). The van der Waals surface area contributed by atoms with Crippen LogP contribution in [0.25, 0.3) is 11.1 Å². The van der Waals surface area contributed by atoms with Crippen molar-refractivity contribution in [3.63, 3.8) is 0 Å². The summed E-state index contributed by atoms with van der Waals surface area (Å²) < 4.78 is 1.65. The maximum atomic E-state index is 5.62. The van der Waals surface area contributed by atoms with Gasteiger partial charge in [0.1, 0.15) is 0 Å². The molecule has 0 aromatic carbocycles. The van der Waals surface area contributed by atoms with Gasteiger partial charge >= 0.3 is 0 Å². The largest absolute Gasteiger partial charge is 0.367 e. The zero-order chi connectivity index (χ0) is 17.1. The molecule has 6 heteroatoms. The zero-order valence-electron chi connectivity index (χ0n) is 13.8. The summed E-state index contributed by atoms with van der Waals surface area (Å²) in [6, 6.07) is 1.90. The van der Waals surface area contributed by atoms with Gasteiger partial charge in [0.25, 0.3) is 0 Å². The number of nitrogens with two attached hydrogens (primary N) is 1. The van der Waals surface area contributed by atoms with E-state index < -0.39 is 0 Å². The van der Waals surface area contributed by atoms with Crippen molar-refractivity contribution in [3.8, 4) is 0 Å². The SMILES string of the molecule is C=C(/C=C\C(N=C(C)C)=C(C)C)c1cc(S)n2nc(N)ncc12. The highest BCUT2D eigenvalue weighted by Crippen LogP contribution is 2.26. The van der Waals surface area contributed by atoms with E-state index in [0.29, 0.717) is 5.03 Å². The normalized spacial score (nSPS) is 11.0. The topological polar surface area (TPSA) is 68.6 Å². The van der Waals surface area contributed by atoms with E-state index in [-0.39, 0.29) is 5.95 Å². The molecule has 0 amide bonds. The number of hydrogen-bond acceptors (Lipinski definition) is 5. The van der Waals surface area contributed by atoms with E-state index in [1.165, 1.54) is 0 Å². The Morgan fingerprint density at radius 3 is 2.61 bits per heavy atom. The maximum Gasteiger partial charge on any atom is 0.238 e. The van der Waals surface area contributed by atoms with Gasteiger partial charge in [0.15, 0.2) is 0 Å². The second kappa shape index (κ2) is 6.83. The van der Waals surface area contributed by atoms with E-state index >= 15 is 0 Å². The molecule has 2 aromatic rings. The van der Waals surface area contributed by atoms with Crippen LogP contribution in [0, 0.1) is 0 Å². The van der Waals surface area contributed by atoms with Crippen LogP contribution < -0.4 is 5.73 Å². The third-order valence-electron chi connectivity index (χ3n) is 3.16. The van der Waals surface area contributed by atoms with Gasteiger partial charge in [-0.05, 0) is 45.4 Å². The highest BCUT2D eigenvalue weighted by molar-refractivity contribution is 7.80. The number of nitrogens with zero attached hydrogens (tertiary/aromatic N) is 4. The number of hydrogen-bond donors (Lipinski definition) is 2. The molecule has 0 unspecified atom stereocenters. The van der Waals surface area contributed by atoms with Crippen LogP contribution in [0.2, 0.25) is 0 Å². The van der Waals surface area contributed by atoms with E-state index in [9.17, 15) is 0 Å². The molecule has 0 radical (unpaired) electrons. The van der Waals surface area contributed by atoms with Crippen molar-refractivity contribution >= 4 is 35.4 Å². The third-order valence-corrected chi connectivity index (χ3v) is 3.48. The minimum atomic E-state index is 0.204. The van der Waals surface area contributed by atoms with Gasteiger partial charge in [0, 0.05) is 11.3 Å². The molecule has 0 saturated carbocycles. The van der Waals surface area contributed by atoms with Gasteiger partial charge in [0.05, 0.1) is 22.4 Å². The number of nitrogen functional groups attached to an aromatic ring is 1. The summed E-state index contributed by atoms with van der Waals surface area (Å²) in [6.07, 6.45) is 5.57. The van der Waals surface area contributed by atoms with Crippen LogP contribution in [0.4, 0.5) is 5.95 Å². The van der Waals surface area contributed by atoms with Crippen LogP contribution in [0.5, 0.6) is 0 Å². The number of allylic oxidation sites excluding steroid dienone is 4. The molecule has 2 heterocycles. The van der Waals surface area contributed by atoms with Crippen LogP contribution >= 0.6 is 12.6 Å². The molecule has 0 aliphatic heterocycles. The number of thiol groups is 1. The number of fused-ring (bicyclic) bond motifs is 1. The van der Waals surface area contributed by atoms with Gasteiger partial charge in [-0.1, -0.05) is 18.2 Å². The van der Waals surface area contributed by atoms with E-state index in [1.807, 2.05) is 45.9 Å². The summed E-state index contributed by atoms with van der Waals surface area (Å²) in [5.74, 6) is 0.204. The van der Waals surface area contributed by atoms with E-state index in [0.717, 1.165) is 33.6 Å². The summed E-state index contributed by atoms with van der Waals surface area (Å²) in [5.41, 5.74) is 11.3. The van der Waals surface area contributed by atoms with Crippen molar-refractivity contribution in [1.82, 2.24) is 14.6 Å². The van der Waals surface area contributed by atoms with Gasteiger partial charge in [-0.25, -0.2) is 9.50 Å². The molecular formula is C17H21N5S. The molecule has 0 saturated heterocycles. The Labute approximate surface area is 141 Å². The quantitative estimate of drug-likeness (QED) is 0.507. The van der Waals surface area contributed by atoms with Crippen molar-refractivity contribution in [2.75, 3.05) is 5.73 Å². The summed E-state index contributed by atoms with van der Waals surface area (Å²) in [6.45, 7) is 12.1.